The van der Waals surface area contributed by atoms with Gasteiger partial charge in [-0.3, -0.25) is 0 Å². The van der Waals surface area contributed by atoms with Gasteiger partial charge < -0.3 is 15.4 Å². The fourth-order valence-electron chi connectivity index (χ4n) is 2.61. The van der Waals surface area contributed by atoms with E-state index in [1.165, 1.54) is 0 Å². The average Bonchev–Trinajstić information content (AvgIpc) is 2.48. The van der Waals surface area contributed by atoms with Crippen molar-refractivity contribution in [3.05, 3.63) is 11.9 Å². The Morgan fingerprint density at radius 3 is 2.74 bits per heavy atom. The summed E-state index contributed by atoms with van der Waals surface area (Å²) in [6.07, 6.45) is 5.52. The molecule has 1 fully saturated rings. The van der Waals surface area contributed by atoms with Gasteiger partial charge in [-0.05, 0) is 25.2 Å². The number of hydrogen-bond acceptors (Lipinski definition) is 6. The molecule has 4 N–H and O–H groups in total. The number of hydrazine groups is 1. The molecule has 6 nitrogen and oxygen atoms in total. The van der Waals surface area contributed by atoms with E-state index >= 15 is 0 Å². The minimum atomic E-state index is 0.287. The lowest BCUT2D eigenvalue weighted by atomic mass is 9.97. The molecular formula is C13H23N5O. The van der Waals surface area contributed by atoms with Gasteiger partial charge in [0.05, 0.1) is 0 Å². The molecule has 0 radical (unpaired) electrons. The van der Waals surface area contributed by atoms with E-state index in [1.54, 1.807) is 6.33 Å². The summed E-state index contributed by atoms with van der Waals surface area (Å²) < 4.78 is 0. The molecule has 0 unspecified atom stereocenters. The van der Waals surface area contributed by atoms with Crippen LogP contribution in [0.25, 0.3) is 0 Å². The molecule has 2 heterocycles. The monoisotopic (exact) mass is 265 g/mol. The molecule has 1 aliphatic heterocycles. The number of nitrogens with one attached hydrogen (secondary N) is 1. The van der Waals surface area contributed by atoms with E-state index in [9.17, 15) is 5.11 Å². The predicted molar refractivity (Wildman–Crippen MR) is 75.9 cm³/mol. The first kappa shape index (κ1) is 14.0. The van der Waals surface area contributed by atoms with Crippen LogP contribution in [0.3, 0.4) is 0 Å². The van der Waals surface area contributed by atoms with Crippen LogP contribution >= 0.6 is 0 Å². The Kier molecular flexibility index (Phi) is 4.93. The Hall–Kier alpha value is -1.40. The first-order valence-electron chi connectivity index (χ1n) is 6.96. The zero-order valence-corrected chi connectivity index (χ0v) is 11.5. The summed E-state index contributed by atoms with van der Waals surface area (Å²) >= 11 is 0. The van der Waals surface area contributed by atoms with Gasteiger partial charge >= 0.3 is 0 Å². The Morgan fingerprint density at radius 2 is 2.16 bits per heavy atom. The van der Waals surface area contributed by atoms with Crippen molar-refractivity contribution in [1.82, 2.24) is 9.97 Å². The number of rotatable bonds is 5. The molecule has 0 aromatic carbocycles. The first-order valence-corrected chi connectivity index (χ1v) is 6.96. The summed E-state index contributed by atoms with van der Waals surface area (Å²) in [5.74, 6) is 7.67. The molecule has 0 bridgehead atoms. The van der Waals surface area contributed by atoms with Crippen LogP contribution in [0.5, 0.6) is 0 Å². The second-order valence-electron chi connectivity index (χ2n) is 5.03. The van der Waals surface area contributed by atoms with E-state index in [4.69, 9.17) is 5.84 Å². The van der Waals surface area contributed by atoms with Crippen molar-refractivity contribution in [1.29, 1.82) is 0 Å². The Bertz CT molecular complexity index is 404. The van der Waals surface area contributed by atoms with Crippen molar-refractivity contribution in [2.24, 2.45) is 11.8 Å². The summed E-state index contributed by atoms with van der Waals surface area (Å²) in [6.45, 7) is 4.29. The quantitative estimate of drug-likeness (QED) is 0.542. The van der Waals surface area contributed by atoms with E-state index in [1.807, 2.05) is 0 Å². The third kappa shape index (κ3) is 3.13. The third-order valence-electron chi connectivity index (χ3n) is 3.73. The second-order valence-corrected chi connectivity index (χ2v) is 5.03. The average molecular weight is 265 g/mol. The Morgan fingerprint density at radius 1 is 1.42 bits per heavy atom. The zero-order chi connectivity index (χ0) is 13.7. The highest BCUT2D eigenvalue weighted by atomic mass is 16.3. The predicted octanol–water partition coefficient (Wildman–Crippen LogP) is 0.923. The van der Waals surface area contributed by atoms with Crippen molar-refractivity contribution in [2.45, 2.75) is 32.6 Å². The Balaban J connectivity index is 2.19. The Labute approximate surface area is 114 Å². The van der Waals surface area contributed by atoms with Crippen LogP contribution in [0.1, 0.15) is 31.7 Å². The van der Waals surface area contributed by atoms with Crippen LogP contribution in [-0.2, 0) is 6.42 Å². The van der Waals surface area contributed by atoms with Gasteiger partial charge in [0.2, 0.25) is 0 Å². The lowest BCUT2D eigenvalue weighted by molar-refractivity contribution is 0.202. The SMILES string of the molecule is CCCc1c(NN)ncnc1N1CCC(CO)CC1. The minimum absolute atomic E-state index is 0.287. The van der Waals surface area contributed by atoms with Gasteiger partial charge in [0.15, 0.2) is 0 Å². The number of nitrogens with zero attached hydrogens (tertiary/aromatic N) is 3. The van der Waals surface area contributed by atoms with Crippen molar-refractivity contribution >= 4 is 11.6 Å². The fourth-order valence-corrected chi connectivity index (χ4v) is 2.61. The van der Waals surface area contributed by atoms with Crippen molar-refractivity contribution in [2.75, 3.05) is 30.0 Å². The highest BCUT2D eigenvalue weighted by Crippen LogP contribution is 2.28. The van der Waals surface area contributed by atoms with Crippen LogP contribution in [0.15, 0.2) is 6.33 Å². The molecule has 106 valence electrons. The molecule has 1 aliphatic rings. The van der Waals surface area contributed by atoms with Crippen LogP contribution in [0.2, 0.25) is 0 Å². The molecule has 1 saturated heterocycles. The summed E-state index contributed by atoms with van der Waals surface area (Å²) in [7, 11) is 0. The normalized spacial score (nSPS) is 16.7. The summed E-state index contributed by atoms with van der Waals surface area (Å²) in [5, 5.41) is 9.20. The minimum Gasteiger partial charge on any atom is -0.396 e. The van der Waals surface area contributed by atoms with E-state index in [0.717, 1.165) is 56.0 Å². The highest BCUT2D eigenvalue weighted by Gasteiger charge is 2.22. The molecular weight excluding hydrogens is 242 g/mol. The molecule has 19 heavy (non-hydrogen) atoms. The standard InChI is InChI=1S/C13H23N5O/c1-2-3-11-12(17-14)15-9-16-13(11)18-6-4-10(8-19)5-7-18/h9-10,19H,2-8,14H2,1H3,(H,15,16,17). The van der Waals surface area contributed by atoms with Crippen LogP contribution in [0.4, 0.5) is 11.6 Å². The molecule has 0 atom stereocenters. The number of aromatic nitrogens is 2. The molecule has 0 amide bonds. The van der Waals surface area contributed by atoms with E-state index in [2.05, 4.69) is 27.2 Å². The van der Waals surface area contributed by atoms with Gasteiger partial charge in [-0.2, -0.15) is 0 Å². The number of hydrogen-bond donors (Lipinski definition) is 3. The number of anilines is 2. The summed E-state index contributed by atoms with van der Waals surface area (Å²) in [6, 6.07) is 0. The van der Waals surface area contributed by atoms with Gasteiger partial charge in [0, 0.05) is 25.3 Å². The zero-order valence-electron chi connectivity index (χ0n) is 11.5. The third-order valence-corrected chi connectivity index (χ3v) is 3.73. The van der Waals surface area contributed by atoms with Gasteiger partial charge in [0.25, 0.3) is 0 Å². The van der Waals surface area contributed by atoms with Crippen LogP contribution in [-0.4, -0.2) is 34.8 Å². The number of piperidine rings is 1. The van der Waals surface area contributed by atoms with Crippen molar-refractivity contribution in [3.8, 4) is 0 Å². The maximum Gasteiger partial charge on any atom is 0.148 e. The van der Waals surface area contributed by atoms with Gasteiger partial charge in [0.1, 0.15) is 18.0 Å². The van der Waals surface area contributed by atoms with Crippen molar-refractivity contribution < 1.29 is 5.11 Å². The van der Waals surface area contributed by atoms with Crippen molar-refractivity contribution in [3.63, 3.8) is 0 Å². The van der Waals surface area contributed by atoms with Crippen LogP contribution < -0.4 is 16.2 Å². The molecule has 1 aromatic rings. The highest BCUT2D eigenvalue weighted by molar-refractivity contribution is 5.58. The van der Waals surface area contributed by atoms with Gasteiger partial charge in [-0.1, -0.05) is 13.3 Å². The van der Waals surface area contributed by atoms with E-state index in [0.29, 0.717) is 5.92 Å². The topological polar surface area (TPSA) is 87.3 Å². The molecule has 0 spiro atoms. The largest absolute Gasteiger partial charge is 0.396 e. The van der Waals surface area contributed by atoms with E-state index in [-0.39, 0.29) is 6.61 Å². The summed E-state index contributed by atoms with van der Waals surface area (Å²) in [4.78, 5) is 10.9. The van der Waals surface area contributed by atoms with Crippen LogP contribution in [0, 0.1) is 5.92 Å². The number of aliphatic hydroxyl groups is 1. The maximum atomic E-state index is 9.20. The van der Waals surface area contributed by atoms with Gasteiger partial charge in [-0.15, -0.1) is 0 Å². The lowest BCUT2D eigenvalue weighted by Gasteiger charge is -2.33. The number of aliphatic hydroxyl groups excluding tert-OH is 1. The number of nitrogen functional groups attached to an aromatic ring is 1. The first-order chi connectivity index (χ1) is 9.30. The molecule has 2 rings (SSSR count). The molecule has 0 saturated carbocycles. The number of nitrogens with two attached hydrogens (primary N) is 1. The molecule has 0 aliphatic carbocycles. The molecule has 6 heteroatoms. The van der Waals surface area contributed by atoms with Gasteiger partial charge in [-0.25, -0.2) is 15.8 Å². The lowest BCUT2D eigenvalue weighted by Crippen LogP contribution is -2.36. The smallest absolute Gasteiger partial charge is 0.148 e. The fraction of sp³-hybridized carbons (Fsp3) is 0.692. The maximum absolute atomic E-state index is 9.20. The summed E-state index contributed by atoms with van der Waals surface area (Å²) in [5.41, 5.74) is 3.75. The molecule has 1 aromatic heterocycles. The second kappa shape index (κ2) is 6.68. The van der Waals surface area contributed by atoms with E-state index < -0.39 is 0 Å².